The van der Waals surface area contributed by atoms with E-state index in [1.807, 2.05) is 55.5 Å². The Bertz CT molecular complexity index is 1200. The van der Waals surface area contributed by atoms with Gasteiger partial charge in [0.25, 0.3) is 0 Å². The summed E-state index contributed by atoms with van der Waals surface area (Å²) in [5.74, 6) is 1.23. The molecule has 1 aliphatic rings. The molecule has 0 saturated heterocycles. The van der Waals surface area contributed by atoms with Crippen molar-refractivity contribution in [3.63, 3.8) is 0 Å². The smallest absolute Gasteiger partial charge is 0.204 e. The Balaban J connectivity index is 1.67. The van der Waals surface area contributed by atoms with Gasteiger partial charge in [0.1, 0.15) is 11.4 Å². The molecule has 3 aromatic rings. The Morgan fingerprint density at radius 1 is 1.12 bits per heavy atom. The van der Waals surface area contributed by atoms with E-state index in [0.717, 1.165) is 42.9 Å². The van der Waals surface area contributed by atoms with Crippen molar-refractivity contribution in [2.45, 2.75) is 33.1 Å². The number of nitrogens with zero attached hydrogens (tertiary/aromatic N) is 7. The quantitative estimate of drug-likeness (QED) is 0.480. The van der Waals surface area contributed by atoms with Crippen molar-refractivity contribution in [1.82, 2.24) is 14.9 Å². The van der Waals surface area contributed by atoms with Gasteiger partial charge in [-0.05, 0) is 43.7 Å². The molecule has 0 N–H and O–H groups in total. The molecular weight excluding hydrogens is 422 g/mol. The maximum atomic E-state index is 8.98. The molecule has 2 aromatic carbocycles. The molecular formula is C24H24ClN7. The monoisotopic (exact) mass is 445 g/mol. The van der Waals surface area contributed by atoms with Gasteiger partial charge in [-0.3, -0.25) is 0 Å². The molecule has 0 fully saturated rings. The maximum absolute atomic E-state index is 8.98. The summed E-state index contributed by atoms with van der Waals surface area (Å²) in [6.07, 6.45) is 2.70. The van der Waals surface area contributed by atoms with Gasteiger partial charge in [0.2, 0.25) is 5.82 Å². The van der Waals surface area contributed by atoms with Gasteiger partial charge in [0, 0.05) is 24.3 Å². The lowest BCUT2D eigenvalue weighted by molar-refractivity contribution is 0.718. The number of nitriles is 1. The highest BCUT2D eigenvalue weighted by Gasteiger charge is 2.29. The van der Waals surface area contributed by atoms with E-state index in [4.69, 9.17) is 21.9 Å². The fourth-order valence-corrected chi connectivity index (χ4v) is 3.80. The minimum atomic E-state index is 0.500. The fourth-order valence-electron chi connectivity index (χ4n) is 3.58. The zero-order chi connectivity index (χ0) is 22.5. The summed E-state index contributed by atoms with van der Waals surface area (Å²) in [6, 6.07) is 17.8. The first kappa shape index (κ1) is 21.7. The molecule has 4 rings (SSSR count). The second-order valence-corrected chi connectivity index (χ2v) is 7.93. The highest BCUT2D eigenvalue weighted by atomic mass is 35.5. The van der Waals surface area contributed by atoms with Crippen LogP contribution in [0.2, 0.25) is 5.02 Å². The third-order valence-corrected chi connectivity index (χ3v) is 5.52. The van der Waals surface area contributed by atoms with E-state index in [2.05, 4.69) is 33.1 Å². The predicted molar refractivity (Wildman–Crippen MR) is 128 cm³/mol. The third-order valence-electron chi connectivity index (χ3n) is 5.19. The van der Waals surface area contributed by atoms with Crippen LogP contribution in [0.1, 0.15) is 43.4 Å². The van der Waals surface area contributed by atoms with Crippen molar-refractivity contribution >= 4 is 34.4 Å². The standard InChI is InChI=1S/C24H24ClN7/c1-3-4-15-31(16-7-14-26)19-12-10-18(11-13-19)28-23-22(20-8-5-6-9-21(20)25)30-32-24(23)27-17(2)29-32/h5-6,8-13H,3-4,7,15-16H2,1-2H3. The van der Waals surface area contributed by atoms with Gasteiger partial charge in [-0.15, -0.1) is 15.0 Å². The van der Waals surface area contributed by atoms with Crippen LogP contribution >= 0.6 is 11.6 Å². The van der Waals surface area contributed by atoms with Crippen molar-refractivity contribution in [2.24, 2.45) is 10.1 Å². The number of benzene rings is 2. The van der Waals surface area contributed by atoms with Crippen molar-refractivity contribution in [3.8, 4) is 6.07 Å². The molecule has 0 atom stereocenters. The van der Waals surface area contributed by atoms with E-state index in [-0.39, 0.29) is 0 Å². The second kappa shape index (κ2) is 9.75. The summed E-state index contributed by atoms with van der Waals surface area (Å²) in [7, 11) is 0. The van der Waals surface area contributed by atoms with Gasteiger partial charge >= 0.3 is 0 Å². The molecule has 8 heteroatoms. The number of hydrogen-bond acceptors (Lipinski definition) is 6. The zero-order valence-electron chi connectivity index (χ0n) is 18.2. The average molecular weight is 446 g/mol. The van der Waals surface area contributed by atoms with Crippen LogP contribution in [0.15, 0.2) is 58.6 Å². The predicted octanol–water partition coefficient (Wildman–Crippen LogP) is 5.15. The van der Waals surface area contributed by atoms with Crippen LogP contribution in [0.25, 0.3) is 0 Å². The van der Waals surface area contributed by atoms with Gasteiger partial charge in [-0.1, -0.05) is 43.1 Å². The Morgan fingerprint density at radius 3 is 2.62 bits per heavy atom. The first-order valence-corrected chi connectivity index (χ1v) is 11.1. The topological polar surface area (TPSA) is 82.5 Å². The molecule has 0 aliphatic carbocycles. The molecule has 0 spiro atoms. The summed E-state index contributed by atoms with van der Waals surface area (Å²) in [5.41, 5.74) is 3.94. The molecule has 32 heavy (non-hydrogen) atoms. The number of aryl methyl sites for hydroxylation is 1. The number of hydrogen-bond donors (Lipinski definition) is 0. The minimum absolute atomic E-state index is 0.500. The van der Waals surface area contributed by atoms with Crippen molar-refractivity contribution in [1.29, 1.82) is 5.26 Å². The number of rotatable bonds is 8. The third kappa shape index (κ3) is 4.56. The highest BCUT2D eigenvalue weighted by Crippen LogP contribution is 2.26. The Morgan fingerprint density at radius 2 is 1.91 bits per heavy atom. The summed E-state index contributed by atoms with van der Waals surface area (Å²) >= 11 is 6.44. The van der Waals surface area contributed by atoms with Gasteiger partial charge in [-0.25, -0.2) is 9.98 Å². The van der Waals surface area contributed by atoms with Crippen LogP contribution in [-0.4, -0.2) is 39.4 Å². The number of halogens is 1. The lowest BCUT2D eigenvalue weighted by atomic mass is 10.1. The molecule has 0 bridgehead atoms. The summed E-state index contributed by atoms with van der Waals surface area (Å²) < 4.78 is 0. The second-order valence-electron chi connectivity index (χ2n) is 7.53. The van der Waals surface area contributed by atoms with Crippen LogP contribution in [0.3, 0.4) is 0 Å². The van der Waals surface area contributed by atoms with Gasteiger partial charge in [-0.2, -0.15) is 5.26 Å². The van der Waals surface area contributed by atoms with Crippen LogP contribution in [0, 0.1) is 18.3 Å². The summed E-state index contributed by atoms with van der Waals surface area (Å²) in [5, 5.41) is 18.5. The van der Waals surface area contributed by atoms with E-state index in [0.29, 0.717) is 34.5 Å². The number of aliphatic imine (C=N–C) groups is 1. The van der Waals surface area contributed by atoms with E-state index in [1.54, 1.807) is 0 Å². The molecule has 0 amide bonds. The molecule has 2 heterocycles. The Hall–Kier alpha value is -3.50. The molecule has 0 unspecified atom stereocenters. The van der Waals surface area contributed by atoms with Crippen LogP contribution < -0.4 is 4.90 Å². The van der Waals surface area contributed by atoms with Gasteiger partial charge < -0.3 is 4.90 Å². The molecule has 7 nitrogen and oxygen atoms in total. The van der Waals surface area contributed by atoms with E-state index in [1.165, 1.54) is 4.79 Å². The van der Waals surface area contributed by atoms with Crippen LogP contribution in [-0.2, 0) is 0 Å². The maximum Gasteiger partial charge on any atom is 0.204 e. The molecule has 0 saturated carbocycles. The number of anilines is 1. The van der Waals surface area contributed by atoms with E-state index in [9.17, 15) is 0 Å². The van der Waals surface area contributed by atoms with Gasteiger partial charge in [0.05, 0.1) is 23.2 Å². The lowest BCUT2D eigenvalue weighted by Crippen LogP contribution is -2.25. The molecule has 1 aliphatic heterocycles. The first-order chi connectivity index (χ1) is 15.6. The van der Waals surface area contributed by atoms with Crippen LogP contribution in [0.5, 0.6) is 0 Å². The van der Waals surface area contributed by atoms with E-state index < -0.39 is 0 Å². The summed E-state index contributed by atoms with van der Waals surface area (Å²) in [6.45, 7) is 5.64. The fraction of sp³-hybridized carbons (Fsp3) is 0.292. The van der Waals surface area contributed by atoms with Gasteiger partial charge in [0.15, 0.2) is 5.82 Å². The number of fused-ring (bicyclic) bond motifs is 1. The highest BCUT2D eigenvalue weighted by molar-refractivity contribution is 6.56. The summed E-state index contributed by atoms with van der Waals surface area (Å²) in [4.78, 5) is 13.1. The van der Waals surface area contributed by atoms with Crippen molar-refractivity contribution < 1.29 is 0 Å². The normalized spacial score (nSPS) is 13.7. The minimum Gasteiger partial charge on any atom is -0.371 e. The first-order valence-electron chi connectivity index (χ1n) is 10.7. The Kier molecular flexibility index (Phi) is 6.62. The Labute approximate surface area is 192 Å². The molecule has 0 radical (unpaired) electrons. The molecule has 162 valence electrons. The molecule has 1 aromatic heterocycles. The SMILES string of the molecule is CCCCN(CCC#N)c1ccc(N=C2C(c3ccccc3Cl)=Nn3nc(C)nc32)cc1. The number of unbranched alkanes of at least 4 members (excludes halogenated alkanes) is 1. The average Bonchev–Trinajstić information content (AvgIpc) is 3.31. The largest absolute Gasteiger partial charge is 0.371 e. The zero-order valence-corrected chi connectivity index (χ0v) is 18.9. The van der Waals surface area contributed by atoms with Crippen molar-refractivity contribution in [3.05, 3.63) is 70.8 Å². The number of aromatic nitrogens is 3. The van der Waals surface area contributed by atoms with Crippen LogP contribution in [0.4, 0.5) is 11.4 Å². The van der Waals surface area contributed by atoms with Crippen molar-refractivity contribution in [2.75, 3.05) is 18.0 Å². The van der Waals surface area contributed by atoms with E-state index >= 15 is 0 Å². The lowest BCUT2D eigenvalue weighted by Gasteiger charge is -2.23.